The molecule has 4 aromatic rings. The molecule has 0 saturated heterocycles. The number of aromatic nitrogens is 1. The Labute approximate surface area is 186 Å². The van der Waals surface area contributed by atoms with E-state index in [0.29, 0.717) is 23.0 Å². The van der Waals surface area contributed by atoms with E-state index in [1.165, 1.54) is 5.56 Å². The van der Waals surface area contributed by atoms with Crippen molar-refractivity contribution in [1.29, 1.82) is 0 Å². The number of anilines is 1. The lowest BCUT2D eigenvalue weighted by Crippen LogP contribution is -2.33. The van der Waals surface area contributed by atoms with Crippen LogP contribution in [0.3, 0.4) is 0 Å². The van der Waals surface area contributed by atoms with Gasteiger partial charge in [-0.15, -0.1) is 0 Å². The van der Waals surface area contributed by atoms with Crippen molar-refractivity contribution in [3.63, 3.8) is 0 Å². The first-order valence-electron chi connectivity index (χ1n) is 10.3. The minimum Gasteiger partial charge on any atom is -0.493 e. The van der Waals surface area contributed by atoms with Crippen molar-refractivity contribution in [3.8, 4) is 5.75 Å². The van der Waals surface area contributed by atoms with Gasteiger partial charge in [-0.25, -0.2) is 4.98 Å². The van der Waals surface area contributed by atoms with Crippen LogP contribution >= 0.6 is 11.3 Å². The van der Waals surface area contributed by atoms with Crippen molar-refractivity contribution in [2.75, 3.05) is 39.2 Å². The highest BCUT2D eigenvalue weighted by molar-refractivity contribution is 7.22. The molecule has 0 radical (unpaired) electrons. The van der Waals surface area contributed by atoms with Gasteiger partial charge in [0.15, 0.2) is 22.2 Å². The molecule has 0 fully saturated rings. The number of ether oxygens (including phenoxy) is 1. The lowest BCUT2D eigenvalue weighted by molar-refractivity contribution is 0.0961. The summed E-state index contributed by atoms with van der Waals surface area (Å²) in [4.78, 5) is 22.2. The lowest BCUT2D eigenvalue weighted by atomic mass is 10.1. The SMILES string of the molecule is COc1cccc2cc(C(=O)N(CCCN(C)C)c3nc4c(C)cc(C)cc4s3)oc12. The van der Waals surface area contributed by atoms with Crippen LogP contribution in [0, 0.1) is 13.8 Å². The van der Waals surface area contributed by atoms with Gasteiger partial charge >= 0.3 is 0 Å². The van der Waals surface area contributed by atoms with Gasteiger partial charge in [-0.1, -0.05) is 29.5 Å². The fraction of sp³-hybridized carbons (Fsp3) is 0.333. The van der Waals surface area contributed by atoms with Crippen molar-refractivity contribution >= 4 is 43.6 Å². The number of para-hydroxylation sites is 1. The van der Waals surface area contributed by atoms with Crippen LogP contribution in [0.1, 0.15) is 28.1 Å². The first-order valence-corrected chi connectivity index (χ1v) is 11.1. The average Bonchev–Trinajstić information content (AvgIpc) is 3.34. The maximum atomic E-state index is 13.6. The maximum Gasteiger partial charge on any atom is 0.295 e. The Bertz CT molecular complexity index is 1240. The molecule has 0 aliphatic carbocycles. The molecule has 0 saturated carbocycles. The smallest absolute Gasteiger partial charge is 0.295 e. The summed E-state index contributed by atoms with van der Waals surface area (Å²) in [6, 6.07) is 11.7. The molecule has 0 N–H and O–H groups in total. The second-order valence-corrected chi connectivity index (χ2v) is 9.04. The molecule has 2 aromatic carbocycles. The van der Waals surface area contributed by atoms with Crippen LogP contribution in [0.4, 0.5) is 5.13 Å². The summed E-state index contributed by atoms with van der Waals surface area (Å²) in [5.74, 6) is 0.712. The highest BCUT2D eigenvalue weighted by Crippen LogP contribution is 2.34. The van der Waals surface area contributed by atoms with Crippen molar-refractivity contribution < 1.29 is 13.9 Å². The molecular formula is C24H27N3O3S. The van der Waals surface area contributed by atoms with E-state index in [9.17, 15) is 4.79 Å². The molecule has 162 valence electrons. The van der Waals surface area contributed by atoms with Crippen LogP contribution in [0.25, 0.3) is 21.2 Å². The summed E-state index contributed by atoms with van der Waals surface area (Å²) in [5, 5.41) is 1.53. The molecule has 0 bridgehead atoms. The number of amides is 1. The number of rotatable bonds is 7. The number of carbonyl (C=O) groups excluding carboxylic acids is 1. The fourth-order valence-corrected chi connectivity index (χ4v) is 4.91. The average molecular weight is 438 g/mol. The number of carbonyl (C=O) groups is 1. The Balaban J connectivity index is 1.74. The zero-order chi connectivity index (χ0) is 22.1. The van der Waals surface area contributed by atoms with Gasteiger partial charge in [-0.2, -0.15) is 0 Å². The van der Waals surface area contributed by atoms with E-state index in [-0.39, 0.29) is 11.7 Å². The summed E-state index contributed by atoms with van der Waals surface area (Å²) < 4.78 is 12.4. The van der Waals surface area contributed by atoms with Crippen molar-refractivity contribution in [2.24, 2.45) is 0 Å². The summed E-state index contributed by atoms with van der Waals surface area (Å²) in [7, 11) is 5.65. The Morgan fingerprint density at radius 3 is 2.71 bits per heavy atom. The third-order valence-electron chi connectivity index (χ3n) is 5.22. The predicted molar refractivity (Wildman–Crippen MR) is 127 cm³/mol. The second kappa shape index (κ2) is 8.69. The van der Waals surface area contributed by atoms with Gasteiger partial charge in [0.2, 0.25) is 0 Å². The number of hydrogen-bond acceptors (Lipinski definition) is 6. The standard InChI is InChI=1S/C24H27N3O3S/c1-15-12-16(2)21-20(13-15)31-24(25-21)27(11-7-10-26(3)4)23(28)19-14-17-8-6-9-18(29-5)22(17)30-19/h6,8-9,12-14H,7,10-11H2,1-5H3. The Morgan fingerprint density at radius 1 is 1.16 bits per heavy atom. The van der Waals surface area contributed by atoms with E-state index >= 15 is 0 Å². The Kier molecular flexibility index (Phi) is 5.98. The number of benzene rings is 2. The van der Waals surface area contributed by atoms with E-state index in [4.69, 9.17) is 14.1 Å². The minimum atomic E-state index is -0.189. The van der Waals surface area contributed by atoms with E-state index < -0.39 is 0 Å². The normalized spacial score (nSPS) is 11.5. The van der Waals surface area contributed by atoms with Gasteiger partial charge in [0, 0.05) is 11.9 Å². The van der Waals surface area contributed by atoms with E-state index in [1.54, 1.807) is 29.4 Å². The quantitative estimate of drug-likeness (QED) is 0.394. The number of hydrogen-bond donors (Lipinski definition) is 0. The van der Waals surface area contributed by atoms with Gasteiger partial charge < -0.3 is 14.1 Å². The van der Waals surface area contributed by atoms with Crippen molar-refractivity contribution in [1.82, 2.24) is 9.88 Å². The minimum absolute atomic E-state index is 0.189. The zero-order valence-corrected chi connectivity index (χ0v) is 19.4. The molecule has 4 rings (SSSR count). The van der Waals surface area contributed by atoms with Gasteiger partial charge in [0.1, 0.15) is 0 Å². The van der Waals surface area contributed by atoms with Crippen LogP contribution in [0.15, 0.2) is 40.8 Å². The number of nitrogens with zero attached hydrogens (tertiary/aromatic N) is 3. The van der Waals surface area contributed by atoms with Crippen LogP contribution in [0.5, 0.6) is 5.75 Å². The van der Waals surface area contributed by atoms with Crippen LogP contribution in [-0.2, 0) is 0 Å². The van der Waals surface area contributed by atoms with Gasteiger partial charge in [0.25, 0.3) is 5.91 Å². The molecule has 2 aromatic heterocycles. The molecule has 1 amide bonds. The topological polar surface area (TPSA) is 58.8 Å². The Morgan fingerprint density at radius 2 is 1.97 bits per heavy atom. The molecule has 0 unspecified atom stereocenters. The van der Waals surface area contributed by atoms with E-state index in [1.807, 2.05) is 32.3 Å². The number of furan rings is 1. The largest absolute Gasteiger partial charge is 0.493 e. The predicted octanol–water partition coefficient (Wildman–Crippen LogP) is 5.27. The maximum absolute atomic E-state index is 13.6. The summed E-state index contributed by atoms with van der Waals surface area (Å²) in [5.41, 5.74) is 3.83. The molecule has 0 atom stereocenters. The zero-order valence-electron chi connectivity index (χ0n) is 18.6. The summed E-state index contributed by atoms with van der Waals surface area (Å²) >= 11 is 1.54. The lowest BCUT2D eigenvalue weighted by Gasteiger charge is -2.19. The van der Waals surface area contributed by atoms with Crippen molar-refractivity contribution in [3.05, 3.63) is 53.3 Å². The number of methoxy groups -OCH3 is 1. The van der Waals surface area contributed by atoms with Crippen LogP contribution < -0.4 is 9.64 Å². The number of aryl methyl sites for hydroxylation is 2. The number of fused-ring (bicyclic) bond motifs is 2. The second-order valence-electron chi connectivity index (χ2n) is 8.03. The van der Waals surface area contributed by atoms with Gasteiger partial charge in [-0.05, 0) is 70.2 Å². The first kappa shape index (κ1) is 21.3. The van der Waals surface area contributed by atoms with Crippen LogP contribution in [-0.4, -0.2) is 50.1 Å². The highest BCUT2D eigenvalue weighted by atomic mass is 32.1. The first-order chi connectivity index (χ1) is 14.9. The van der Waals surface area contributed by atoms with Crippen molar-refractivity contribution in [2.45, 2.75) is 20.3 Å². The third kappa shape index (κ3) is 4.29. The monoisotopic (exact) mass is 437 g/mol. The Hall–Kier alpha value is -2.90. The molecule has 0 aliphatic heterocycles. The van der Waals surface area contributed by atoms with Gasteiger partial charge in [0.05, 0.1) is 17.3 Å². The summed E-state index contributed by atoms with van der Waals surface area (Å²) in [6.07, 6.45) is 0.830. The molecular weight excluding hydrogens is 410 g/mol. The van der Waals surface area contributed by atoms with Crippen LogP contribution in [0.2, 0.25) is 0 Å². The highest BCUT2D eigenvalue weighted by Gasteiger charge is 2.25. The van der Waals surface area contributed by atoms with E-state index in [0.717, 1.165) is 34.1 Å². The van der Waals surface area contributed by atoms with Gasteiger partial charge in [-0.3, -0.25) is 9.69 Å². The molecule has 0 aliphatic rings. The summed E-state index contributed by atoms with van der Waals surface area (Å²) in [6.45, 7) is 5.57. The van der Waals surface area contributed by atoms with E-state index in [2.05, 4.69) is 30.9 Å². The molecule has 2 heterocycles. The fourth-order valence-electron chi connectivity index (χ4n) is 3.74. The molecule has 31 heavy (non-hydrogen) atoms. The molecule has 0 spiro atoms. The molecule has 6 nitrogen and oxygen atoms in total. The molecule has 7 heteroatoms. The number of thiazole rings is 1. The third-order valence-corrected chi connectivity index (χ3v) is 6.25.